The van der Waals surface area contributed by atoms with Crippen LogP contribution in [0.5, 0.6) is 0 Å². The topological polar surface area (TPSA) is 52.3 Å². The van der Waals surface area contributed by atoms with Crippen LogP contribution in [0.15, 0.2) is 18.2 Å². The van der Waals surface area contributed by atoms with E-state index in [-0.39, 0.29) is 0 Å². The molecule has 0 radical (unpaired) electrons. The molecule has 0 aliphatic carbocycles. The number of hydrogen-bond acceptors (Lipinski definition) is 4. The number of para-hydroxylation sites is 1. The minimum absolute atomic E-state index is 0.347. The van der Waals surface area contributed by atoms with Gasteiger partial charge in [-0.25, -0.2) is 4.79 Å². The van der Waals surface area contributed by atoms with Gasteiger partial charge in [0.2, 0.25) is 0 Å². The Labute approximate surface area is 100 Å². The molecule has 0 aliphatic heterocycles. The quantitative estimate of drug-likeness (QED) is 0.355. The second kappa shape index (κ2) is 6.09. The van der Waals surface area contributed by atoms with Gasteiger partial charge in [0.25, 0.3) is 0 Å². The second-order valence-electron chi connectivity index (χ2n) is 3.03. The fraction of sp³-hybridized carbons (Fsp3) is 0.250. The average molecular weight is 235 g/mol. The van der Waals surface area contributed by atoms with Crippen molar-refractivity contribution in [1.82, 2.24) is 0 Å². The molecule has 0 aromatic heterocycles. The minimum atomic E-state index is -0.449. The van der Waals surface area contributed by atoms with E-state index in [2.05, 4.69) is 29.2 Å². The monoisotopic (exact) mass is 235 g/mol. The van der Waals surface area contributed by atoms with Crippen LogP contribution < -0.4 is 5.73 Å². The molecule has 1 aromatic rings. The van der Waals surface area contributed by atoms with E-state index >= 15 is 0 Å². The van der Waals surface area contributed by atoms with E-state index in [1.165, 1.54) is 7.11 Å². The summed E-state index contributed by atoms with van der Waals surface area (Å²) in [7, 11) is 1.32. The zero-order valence-electron chi connectivity index (χ0n) is 8.99. The van der Waals surface area contributed by atoms with Crippen LogP contribution in [-0.4, -0.2) is 18.8 Å². The molecule has 2 N–H and O–H groups in total. The Balaban J connectivity index is 3.05. The number of hydrogen-bond donors (Lipinski definition) is 2. The molecular weight excluding hydrogens is 222 g/mol. The van der Waals surface area contributed by atoms with Crippen LogP contribution >= 0.6 is 12.6 Å². The molecule has 0 fully saturated rings. The number of ether oxygens (including phenoxy) is 1. The maximum atomic E-state index is 11.4. The van der Waals surface area contributed by atoms with Crippen molar-refractivity contribution < 1.29 is 9.53 Å². The third kappa shape index (κ3) is 2.94. The summed E-state index contributed by atoms with van der Waals surface area (Å²) in [5.41, 5.74) is 7.17. The highest BCUT2D eigenvalue weighted by Crippen LogP contribution is 2.17. The van der Waals surface area contributed by atoms with Crippen molar-refractivity contribution in [3.63, 3.8) is 0 Å². The van der Waals surface area contributed by atoms with Gasteiger partial charge < -0.3 is 10.5 Å². The molecule has 1 aromatic carbocycles. The first-order chi connectivity index (χ1) is 7.70. The lowest BCUT2D eigenvalue weighted by atomic mass is 10.1. The Kier molecular flexibility index (Phi) is 4.74. The fourth-order valence-electron chi connectivity index (χ4n) is 1.18. The van der Waals surface area contributed by atoms with Crippen LogP contribution in [0.3, 0.4) is 0 Å². The van der Waals surface area contributed by atoms with Crippen LogP contribution in [-0.2, 0) is 4.74 Å². The summed E-state index contributed by atoms with van der Waals surface area (Å²) in [6.07, 6.45) is 0.686. The van der Waals surface area contributed by atoms with Gasteiger partial charge in [0.1, 0.15) is 0 Å². The number of rotatable bonds is 2. The van der Waals surface area contributed by atoms with Crippen molar-refractivity contribution >= 4 is 24.3 Å². The summed E-state index contributed by atoms with van der Waals surface area (Å²) < 4.78 is 4.62. The smallest absolute Gasteiger partial charge is 0.339 e. The molecule has 4 heteroatoms. The number of anilines is 1. The molecule has 16 heavy (non-hydrogen) atoms. The van der Waals surface area contributed by atoms with Crippen LogP contribution in [0.1, 0.15) is 22.3 Å². The summed E-state index contributed by atoms with van der Waals surface area (Å²) in [5, 5.41) is 0. The number of nitrogen functional groups attached to an aromatic ring is 1. The first-order valence-corrected chi connectivity index (χ1v) is 5.40. The third-order valence-electron chi connectivity index (χ3n) is 1.97. The number of carbonyl (C=O) groups is 1. The molecule has 0 bridgehead atoms. The van der Waals surface area contributed by atoms with Crippen molar-refractivity contribution in [2.24, 2.45) is 0 Å². The fourth-order valence-corrected chi connectivity index (χ4v) is 1.29. The Morgan fingerprint density at radius 2 is 2.31 bits per heavy atom. The van der Waals surface area contributed by atoms with Gasteiger partial charge in [-0.2, -0.15) is 12.6 Å². The Morgan fingerprint density at radius 3 is 2.94 bits per heavy atom. The maximum absolute atomic E-state index is 11.4. The number of esters is 1. The van der Waals surface area contributed by atoms with E-state index in [9.17, 15) is 4.79 Å². The summed E-state index contributed by atoms with van der Waals surface area (Å²) in [5.74, 6) is 6.07. The molecule has 0 atom stereocenters. The van der Waals surface area contributed by atoms with E-state index in [4.69, 9.17) is 5.73 Å². The molecule has 0 saturated heterocycles. The normalized spacial score (nSPS) is 9.12. The van der Waals surface area contributed by atoms with E-state index < -0.39 is 5.97 Å². The Morgan fingerprint density at radius 1 is 1.56 bits per heavy atom. The molecule has 0 amide bonds. The number of methoxy groups -OCH3 is 1. The number of carbonyl (C=O) groups excluding carboxylic acids is 1. The van der Waals surface area contributed by atoms with Gasteiger partial charge in [0.05, 0.1) is 18.4 Å². The van der Waals surface area contributed by atoms with Crippen molar-refractivity contribution in [2.75, 3.05) is 18.6 Å². The highest BCUT2D eigenvalue weighted by molar-refractivity contribution is 7.80. The molecule has 84 valence electrons. The Bertz CT molecular complexity index is 446. The largest absolute Gasteiger partial charge is 0.465 e. The van der Waals surface area contributed by atoms with Crippen molar-refractivity contribution in [1.29, 1.82) is 0 Å². The van der Waals surface area contributed by atoms with Gasteiger partial charge in [-0.3, -0.25) is 0 Å². The SMILES string of the molecule is COC(=O)c1cccc(C#CCCS)c1N. The lowest BCUT2D eigenvalue weighted by Crippen LogP contribution is -2.06. The van der Waals surface area contributed by atoms with Gasteiger partial charge >= 0.3 is 5.97 Å². The summed E-state index contributed by atoms with van der Waals surface area (Å²) >= 11 is 4.05. The van der Waals surface area contributed by atoms with Crippen molar-refractivity contribution in [2.45, 2.75) is 6.42 Å². The maximum Gasteiger partial charge on any atom is 0.339 e. The second-order valence-corrected chi connectivity index (χ2v) is 3.48. The molecule has 0 saturated carbocycles. The lowest BCUT2D eigenvalue weighted by molar-refractivity contribution is 0.0602. The van der Waals surface area contributed by atoms with Crippen LogP contribution in [0, 0.1) is 11.8 Å². The van der Waals surface area contributed by atoms with E-state index in [1.807, 2.05) is 0 Å². The average Bonchev–Trinajstić information content (AvgIpc) is 2.30. The molecule has 0 aliphatic rings. The third-order valence-corrected chi connectivity index (χ3v) is 2.19. The summed E-state index contributed by atoms with van der Waals surface area (Å²) in [6.45, 7) is 0. The highest BCUT2D eigenvalue weighted by Gasteiger charge is 2.11. The molecule has 3 nitrogen and oxygen atoms in total. The molecule has 0 spiro atoms. The van der Waals surface area contributed by atoms with Crippen molar-refractivity contribution in [3.05, 3.63) is 29.3 Å². The predicted octanol–water partition coefficient (Wildman–Crippen LogP) is 1.73. The zero-order chi connectivity index (χ0) is 12.0. The molecule has 1 rings (SSSR count). The lowest BCUT2D eigenvalue weighted by Gasteiger charge is -2.04. The minimum Gasteiger partial charge on any atom is -0.465 e. The summed E-state index contributed by atoms with van der Waals surface area (Å²) in [6, 6.07) is 5.12. The predicted molar refractivity (Wildman–Crippen MR) is 67.5 cm³/mol. The van der Waals surface area contributed by atoms with Crippen molar-refractivity contribution in [3.8, 4) is 11.8 Å². The van der Waals surface area contributed by atoms with Gasteiger partial charge in [-0.1, -0.05) is 17.9 Å². The van der Waals surface area contributed by atoms with Gasteiger partial charge in [-0.05, 0) is 12.1 Å². The van der Waals surface area contributed by atoms with Crippen LogP contribution in [0.4, 0.5) is 5.69 Å². The molecular formula is C12H13NO2S. The highest BCUT2D eigenvalue weighted by atomic mass is 32.1. The van der Waals surface area contributed by atoms with Crippen LogP contribution in [0.25, 0.3) is 0 Å². The molecule has 0 unspecified atom stereocenters. The zero-order valence-corrected chi connectivity index (χ0v) is 9.88. The first kappa shape index (κ1) is 12.5. The van der Waals surface area contributed by atoms with Gasteiger partial charge in [-0.15, -0.1) is 0 Å². The van der Waals surface area contributed by atoms with Crippen LogP contribution in [0.2, 0.25) is 0 Å². The number of nitrogens with two attached hydrogens (primary N) is 1. The Hall–Kier alpha value is -1.60. The number of thiol groups is 1. The van der Waals surface area contributed by atoms with Gasteiger partial charge in [0, 0.05) is 17.7 Å². The number of benzene rings is 1. The first-order valence-electron chi connectivity index (χ1n) is 4.77. The van der Waals surface area contributed by atoms with E-state index in [0.29, 0.717) is 29.0 Å². The van der Waals surface area contributed by atoms with E-state index in [0.717, 1.165) is 0 Å². The standard InChI is InChI=1S/C12H13NO2S/c1-15-12(14)10-7-4-6-9(11(10)13)5-2-3-8-16/h4,6-7,16H,3,8,13H2,1H3. The van der Waals surface area contributed by atoms with Gasteiger partial charge in [0.15, 0.2) is 0 Å². The van der Waals surface area contributed by atoms with E-state index in [1.54, 1.807) is 18.2 Å². The molecule has 0 heterocycles. The summed E-state index contributed by atoms with van der Waals surface area (Å²) in [4.78, 5) is 11.4.